The van der Waals surface area contributed by atoms with Gasteiger partial charge in [0.25, 0.3) is 5.91 Å². The zero-order valence-electron chi connectivity index (χ0n) is 9.25. The molecule has 0 aliphatic carbocycles. The number of rotatable bonds is 2. The number of pyridine rings is 1. The number of hydrogen-bond donors (Lipinski definition) is 1. The Morgan fingerprint density at radius 2 is 2.00 bits per heavy atom. The molecule has 7 heteroatoms. The van der Waals surface area contributed by atoms with E-state index in [0.29, 0.717) is 10.3 Å². The number of nitrogens with one attached hydrogen (secondary N) is 1. The Balaban J connectivity index is 2.25. The molecule has 2 aromatic rings. The smallest absolute Gasteiger partial charge is 0.258 e. The predicted molar refractivity (Wildman–Crippen MR) is 71.3 cm³/mol. The van der Waals surface area contributed by atoms with Crippen molar-refractivity contribution in [3.05, 3.63) is 57.3 Å². The predicted octanol–water partition coefficient (Wildman–Crippen LogP) is 4.03. The van der Waals surface area contributed by atoms with Gasteiger partial charge in [0.1, 0.15) is 16.2 Å². The summed E-state index contributed by atoms with van der Waals surface area (Å²) in [5.74, 6) is -2.53. The molecule has 1 heterocycles. The fraction of sp³-hybridized carbons (Fsp3) is 0. The third-order valence-corrected chi connectivity index (χ3v) is 3.00. The Hall–Kier alpha value is -1.53. The topological polar surface area (TPSA) is 42.0 Å². The first-order chi connectivity index (χ1) is 8.97. The van der Waals surface area contributed by atoms with E-state index in [0.717, 1.165) is 12.1 Å². The first-order valence-electron chi connectivity index (χ1n) is 5.05. The SMILES string of the molecule is O=C(Nc1ccc(Br)nc1)c1cc(F)c(Cl)cc1F. The Bertz CT molecular complexity index is 634. The fourth-order valence-corrected chi connectivity index (χ4v) is 1.73. The van der Waals surface area contributed by atoms with E-state index < -0.39 is 23.1 Å². The standard InChI is InChI=1S/C12H6BrClF2N2O/c13-11-2-1-6(5-17-11)18-12(19)7-3-10(16)8(14)4-9(7)15/h1-5H,(H,18,19). The minimum absolute atomic E-state index is 0.364. The van der Waals surface area contributed by atoms with Crippen LogP contribution in [0.2, 0.25) is 5.02 Å². The molecule has 0 aliphatic heterocycles. The van der Waals surface area contributed by atoms with Gasteiger partial charge in [-0.3, -0.25) is 4.79 Å². The third-order valence-electron chi connectivity index (χ3n) is 2.24. The van der Waals surface area contributed by atoms with Crippen molar-refractivity contribution in [2.24, 2.45) is 0 Å². The largest absolute Gasteiger partial charge is 0.320 e. The molecule has 1 amide bonds. The summed E-state index contributed by atoms with van der Waals surface area (Å²) in [6.07, 6.45) is 1.38. The van der Waals surface area contributed by atoms with Crippen LogP contribution in [0.4, 0.5) is 14.5 Å². The highest BCUT2D eigenvalue weighted by atomic mass is 79.9. The normalized spacial score (nSPS) is 10.3. The van der Waals surface area contributed by atoms with Crippen LogP contribution in [-0.4, -0.2) is 10.9 Å². The molecule has 1 N–H and O–H groups in total. The van der Waals surface area contributed by atoms with Gasteiger partial charge in [0.05, 0.1) is 22.5 Å². The zero-order valence-corrected chi connectivity index (χ0v) is 11.6. The van der Waals surface area contributed by atoms with Crippen LogP contribution in [0, 0.1) is 11.6 Å². The van der Waals surface area contributed by atoms with Gasteiger partial charge >= 0.3 is 0 Å². The lowest BCUT2D eigenvalue weighted by atomic mass is 10.2. The highest BCUT2D eigenvalue weighted by Crippen LogP contribution is 2.20. The molecule has 0 spiro atoms. The van der Waals surface area contributed by atoms with Gasteiger partial charge in [0.2, 0.25) is 0 Å². The number of halogens is 4. The third kappa shape index (κ3) is 3.27. The number of carbonyl (C=O) groups is 1. The van der Waals surface area contributed by atoms with Crippen LogP contribution in [0.15, 0.2) is 35.1 Å². The van der Waals surface area contributed by atoms with Gasteiger partial charge in [-0.1, -0.05) is 11.6 Å². The molecule has 1 aromatic heterocycles. The Labute approximate surface area is 120 Å². The summed E-state index contributed by atoms with van der Waals surface area (Å²) >= 11 is 8.54. The van der Waals surface area contributed by atoms with Crippen LogP contribution in [0.25, 0.3) is 0 Å². The van der Waals surface area contributed by atoms with Crippen molar-refractivity contribution in [2.45, 2.75) is 0 Å². The second-order valence-corrected chi connectivity index (χ2v) is 4.79. The number of benzene rings is 1. The average Bonchev–Trinajstić information content (AvgIpc) is 2.36. The molecule has 0 bridgehead atoms. The molecule has 98 valence electrons. The van der Waals surface area contributed by atoms with Gasteiger partial charge in [0.15, 0.2) is 0 Å². The molecular weight excluding hydrogens is 341 g/mol. The molecule has 0 saturated heterocycles. The van der Waals surface area contributed by atoms with Crippen LogP contribution < -0.4 is 5.32 Å². The highest BCUT2D eigenvalue weighted by molar-refractivity contribution is 9.10. The fourth-order valence-electron chi connectivity index (χ4n) is 1.34. The quantitative estimate of drug-likeness (QED) is 0.658. The van der Waals surface area contributed by atoms with Crippen LogP contribution in [0.5, 0.6) is 0 Å². The van der Waals surface area contributed by atoms with Crippen LogP contribution in [0.3, 0.4) is 0 Å². The van der Waals surface area contributed by atoms with Crippen molar-refractivity contribution < 1.29 is 13.6 Å². The minimum atomic E-state index is -0.894. The second-order valence-electron chi connectivity index (χ2n) is 3.57. The van der Waals surface area contributed by atoms with E-state index in [1.807, 2.05) is 0 Å². The van der Waals surface area contributed by atoms with Crippen molar-refractivity contribution in [3.63, 3.8) is 0 Å². The van der Waals surface area contributed by atoms with Crippen molar-refractivity contribution in [3.8, 4) is 0 Å². The minimum Gasteiger partial charge on any atom is -0.320 e. The maximum atomic E-state index is 13.5. The molecule has 0 aliphatic rings. The summed E-state index contributed by atoms with van der Waals surface area (Å²) in [5, 5.41) is 2.03. The molecule has 0 radical (unpaired) electrons. The molecule has 3 nitrogen and oxygen atoms in total. The molecule has 19 heavy (non-hydrogen) atoms. The van der Waals surface area contributed by atoms with E-state index in [-0.39, 0.29) is 5.02 Å². The Morgan fingerprint density at radius 3 is 2.63 bits per heavy atom. The van der Waals surface area contributed by atoms with Gasteiger partial charge in [0, 0.05) is 0 Å². The number of anilines is 1. The van der Waals surface area contributed by atoms with Crippen molar-refractivity contribution in [1.29, 1.82) is 0 Å². The lowest BCUT2D eigenvalue weighted by Crippen LogP contribution is -2.14. The van der Waals surface area contributed by atoms with E-state index in [1.165, 1.54) is 6.20 Å². The molecule has 0 unspecified atom stereocenters. The van der Waals surface area contributed by atoms with Gasteiger partial charge in [-0.15, -0.1) is 0 Å². The van der Waals surface area contributed by atoms with Gasteiger partial charge in [-0.2, -0.15) is 0 Å². The van der Waals surface area contributed by atoms with Gasteiger partial charge in [-0.25, -0.2) is 13.8 Å². The van der Waals surface area contributed by atoms with E-state index in [2.05, 4.69) is 26.2 Å². The summed E-state index contributed by atoms with van der Waals surface area (Å²) in [6, 6.07) is 4.68. The summed E-state index contributed by atoms with van der Waals surface area (Å²) in [6.45, 7) is 0. The Kier molecular flexibility index (Phi) is 4.11. The molecule has 0 fully saturated rings. The van der Waals surface area contributed by atoms with Gasteiger partial charge < -0.3 is 5.32 Å². The maximum absolute atomic E-state index is 13.5. The van der Waals surface area contributed by atoms with Crippen LogP contribution in [0.1, 0.15) is 10.4 Å². The van der Waals surface area contributed by atoms with E-state index in [9.17, 15) is 13.6 Å². The molecule has 2 rings (SSSR count). The number of aromatic nitrogens is 1. The first kappa shape index (κ1) is 13.9. The number of hydrogen-bond acceptors (Lipinski definition) is 2. The lowest BCUT2D eigenvalue weighted by molar-refractivity contribution is 0.102. The summed E-state index contributed by atoms with van der Waals surface area (Å²) in [4.78, 5) is 15.7. The van der Waals surface area contributed by atoms with Crippen LogP contribution in [-0.2, 0) is 0 Å². The van der Waals surface area contributed by atoms with Crippen molar-refractivity contribution >= 4 is 39.1 Å². The first-order valence-corrected chi connectivity index (χ1v) is 6.22. The van der Waals surface area contributed by atoms with Crippen molar-refractivity contribution in [1.82, 2.24) is 4.98 Å². The summed E-state index contributed by atoms with van der Waals surface area (Å²) in [7, 11) is 0. The van der Waals surface area contributed by atoms with E-state index >= 15 is 0 Å². The monoisotopic (exact) mass is 346 g/mol. The highest BCUT2D eigenvalue weighted by Gasteiger charge is 2.15. The second kappa shape index (κ2) is 5.63. The molecule has 0 atom stereocenters. The number of amides is 1. The number of nitrogens with zero attached hydrogens (tertiary/aromatic N) is 1. The zero-order chi connectivity index (χ0) is 14.0. The Morgan fingerprint density at radius 1 is 1.26 bits per heavy atom. The van der Waals surface area contributed by atoms with Crippen molar-refractivity contribution in [2.75, 3.05) is 5.32 Å². The molecule has 1 aromatic carbocycles. The maximum Gasteiger partial charge on any atom is 0.258 e. The lowest BCUT2D eigenvalue weighted by Gasteiger charge is -2.06. The summed E-state index contributed by atoms with van der Waals surface area (Å²) in [5.41, 5.74) is -0.0622. The van der Waals surface area contributed by atoms with E-state index in [4.69, 9.17) is 11.6 Å². The molecular formula is C12H6BrClF2N2O. The number of carbonyl (C=O) groups excluding carboxylic acids is 1. The van der Waals surface area contributed by atoms with Crippen LogP contribution >= 0.6 is 27.5 Å². The average molecular weight is 348 g/mol. The molecule has 0 saturated carbocycles. The summed E-state index contributed by atoms with van der Waals surface area (Å²) < 4.78 is 27.3. The van der Waals surface area contributed by atoms with E-state index in [1.54, 1.807) is 12.1 Å². The van der Waals surface area contributed by atoms with Gasteiger partial charge in [-0.05, 0) is 40.2 Å².